The fourth-order valence-corrected chi connectivity index (χ4v) is 2.77. The molecule has 0 aromatic heterocycles. The Morgan fingerprint density at radius 3 is 3.00 bits per heavy atom. The fourth-order valence-electron chi connectivity index (χ4n) is 2.36. The number of rotatable bonds is 1. The van der Waals surface area contributed by atoms with Crippen molar-refractivity contribution in [1.82, 2.24) is 4.90 Å². The number of allylic oxidation sites excluding steroid dienone is 1. The normalized spacial score (nSPS) is 18.8. The number of fused-ring (bicyclic) bond motifs is 1. The Balaban J connectivity index is 2.02. The van der Waals surface area contributed by atoms with Crippen LogP contribution in [0.3, 0.4) is 0 Å². The molecule has 0 N–H and O–H groups in total. The molecule has 1 fully saturated rings. The van der Waals surface area contributed by atoms with Crippen LogP contribution in [-0.4, -0.2) is 24.1 Å². The molecule has 0 unspecified atom stereocenters. The van der Waals surface area contributed by atoms with Crippen molar-refractivity contribution in [2.75, 3.05) is 13.2 Å². The van der Waals surface area contributed by atoms with E-state index in [0.717, 1.165) is 28.6 Å². The van der Waals surface area contributed by atoms with Crippen molar-refractivity contribution in [3.63, 3.8) is 0 Å². The highest BCUT2D eigenvalue weighted by Crippen LogP contribution is 2.32. The molecule has 1 saturated heterocycles. The van der Waals surface area contributed by atoms with E-state index >= 15 is 0 Å². The maximum Gasteiger partial charge on any atom is 0.414 e. The van der Waals surface area contributed by atoms with Gasteiger partial charge in [0, 0.05) is 10.0 Å². The topological polar surface area (TPSA) is 29.5 Å². The first-order chi connectivity index (χ1) is 8.25. The first-order valence-electron chi connectivity index (χ1n) is 5.69. The van der Waals surface area contributed by atoms with E-state index < -0.39 is 0 Å². The third-order valence-corrected chi connectivity index (χ3v) is 3.64. The maximum absolute atomic E-state index is 11.6. The molecule has 1 aromatic rings. The van der Waals surface area contributed by atoms with Crippen LogP contribution in [0.1, 0.15) is 17.5 Å². The van der Waals surface area contributed by atoms with Crippen LogP contribution in [0.15, 0.2) is 28.7 Å². The van der Waals surface area contributed by atoms with Gasteiger partial charge in [0.25, 0.3) is 0 Å². The predicted molar refractivity (Wildman–Crippen MR) is 68.5 cm³/mol. The first kappa shape index (κ1) is 10.8. The zero-order valence-corrected chi connectivity index (χ0v) is 10.9. The third kappa shape index (κ3) is 1.86. The second-order valence-corrected chi connectivity index (χ2v) is 5.11. The minimum atomic E-state index is -0.230. The van der Waals surface area contributed by atoms with Gasteiger partial charge in [0.2, 0.25) is 0 Å². The van der Waals surface area contributed by atoms with Gasteiger partial charge < -0.3 is 4.74 Å². The van der Waals surface area contributed by atoms with Crippen molar-refractivity contribution in [1.29, 1.82) is 0 Å². The van der Waals surface area contributed by atoms with Gasteiger partial charge in [0.15, 0.2) is 0 Å². The monoisotopic (exact) mass is 293 g/mol. The van der Waals surface area contributed by atoms with Gasteiger partial charge in [-0.05, 0) is 30.5 Å². The summed E-state index contributed by atoms with van der Waals surface area (Å²) in [7, 11) is 0. The summed E-state index contributed by atoms with van der Waals surface area (Å²) in [5.41, 5.74) is 3.44. The summed E-state index contributed by atoms with van der Waals surface area (Å²) in [6, 6.07) is 6.21. The quantitative estimate of drug-likeness (QED) is 0.796. The lowest BCUT2D eigenvalue weighted by Crippen LogP contribution is -2.24. The van der Waals surface area contributed by atoms with E-state index in [1.54, 1.807) is 4.90 Å². The van der Waals surface area contributed by atoms with Gasteiger partial charge in [-0.1, -0.05) is 28.1 Å². The van der Waals surface area contributed by atoms with E-state index in [-0.39, 0.29) is 6.09 Å². The fraction of sp³-hybridized carbons (Fsp3) is 0.308. The van der Waals surface area contributed by atoms with Gasteiger partial charge in [-0.25, -0.2) is 4.79 Å². The minimum absolute atomic E-state index is 0.230. The Hall–Kier alpha value is -1.29. The number of hydrogen-bond acceptors (Lipinski definition) is 2. The number of amides is 1. The molecule has 0 atom stereocenters. The molecule has 0 saturated carbocycles. The average Bonchev–Trinajstić information content (AvgIpc) is 2.74. The molecule has 1 aromatic carbocycles. The molecule has 3 nitrogen and oxygen atoms in total. The van der Waals surface area contributed by atoms with Crippen molar-refractivity contribution in [2.45, 2.75) is 12.8 Å². The highest BCUT2D eigenvalue weighted by molar-refractivity contribution is 9.10. The number of nitrogens with zero attached hydrogens (tertiary/aromatic N) is 1. The average molecular weight is 294 g/mol. The molecule has 1 heterocycles. The molecule has 0 bridgehead atoms. The number of carbonyl (C=O) groups excluding carboxylic acids is 1. The summed E-state index contributed by atoms with van der Waals surface area (Å²) in [6.45, 7) is 1.14. The van der Waals surface area contributed by atoms with E-state index in [2.05, 4.69) is 34.1 Å². The standard InChI is InChI=1S/C13H12BrNO2/c14-10-4-5-11-9(8-10)2-1-3-12(11)15-6-7-17-13(15)16/h3-5,8H,1-2,6-7H2. The molecule has 88 valence electrons. The predicted octanol–water partition coefficient (Wildman–Crippen LogP) is 3.19. The van der Waals surface area contributed by atoms with Gasteiger partial charge in [-0.3, -0.25) is 4.90 Å². The summed E-state index contributed by atoms with van der Waals surface area (Å²) in [4.78, 5) is 13.3. The van der Waals surface area contributed by atoms with Crippen LogP contribution in [0.2, 0.25) is 0 Å². The highest BCUT2D eigenvalue weighted by Gasteiger charge is 2.28. The van der Waals surface area contributed by atoms with Gasteiger partial charge in [-0.15, -0.1) is 0 Å². The Morgan fingerprint density at radius 1 is 1.35 bits per heavy atom. The van der Waals surface area contributed by atoms with Crippen molar-refractivity contribution in [3.8, 4) is 0 Å². The largest absolute Gasteiger partial charge is 0.447 e. The Bertz CT molecular complexity index is 510. The van der Waals surface area contributed by atoms with Crippen LogP contribution in [0.4, 0.5) is 4.79 Å². The van der Waals surface area contributed by atoms with Gasteiger partial charge in [-0.2, -0.15) is 0 Å². The van der Waals surface area contributed by atoms with Crippen LogP contribution >= 0.6 is 15.9 Å². The molecule has 2 aliphatic rings. The third-order valence-electron chi connectivity index (χ3n) is 3.15. The molecule has 1 aliphatic heterocycles. The molecule has 4 heteroatoms. The molecule has 1 aliphatic carbocycles. The second-order valence-electron chi connectivity index (χ2n) is 4.20. The summed E-state index contributed by atoms with van der Waals surface area (Å²) >= 11 is 3.48. The first-order valence-corrected chi connectivity index (χ1v) is 6.48. The van der Waals surface area contributed by atoms with Crippen LogP contribution in [-0.2, 0) is 11.2 Å². The number of carbonyl (C=O) groups is 1. The number of hydrogen-bond donors (Lipinski definition) is 0. The number of aryl methyl sites for hydroxylation is 1. The Morgan fingerprint density at radius 2 is 2.24 bits per heavy atom. The molecule has 0 radical (unpaired) electrons. The summed E-state index contributed by atoms with van der Waals surface area (Å²) in [6.07, 6.45) is 3.90. The van der Waals surface area contributed by atoms with Crippen molar-refractivity contribution >= 4 is 27.7 Å². The van der Waals surface area contributed by atoms with Gasteiger partial charge in [0.05, 0.1) is 12.2 Å². The van der Waals surface area contributed by atoms with E-state index in [9.17, 15) is 4.79 Å². The van der Waals surface area contributed by atoms with E-state index in [1.807, 2.05) is 6.07 Å². The lowest BCUT2D eigenvalue weighted by Gasteiger charge is -2.23. The Kier molecular flexibility index (Phi) is 2.67. The zero-order chi connectivity index (χ0) is 11.8. The lowest BCUT2D eigenvalue weighted by atomic mass is 9.94. The zero-order valence-electron chi connectivity index (χ0n) is 9.28. The maximum atomic E-state index is 11.6. The van der Waals surface area contributed by atoms with Crippen LogP contribution in [0.5, 0.6) is 0 Å². The highest BCUT2D eigenvalue weighted by atomic mass is 79.9. The number of halogens is 1. The van der Waals surface area contributed by atoms with Crippen LogP contribution in [0.25, 0.3) is 5.70 Å². The summed E-state index contributed by atoms with van der Waals surface area (Å²) < 4.78 is 6.08. The molecular formula is C13H12BrNO2. The Labute approximate surface area is 108 Å². The van der Waals surface area contributed by atoms with Crippen LogP contribution < -0.4 is 0 Å². The minimum Gasteiger partial charge on any atom is -0.447 e. The second kappa shape index (κ2) is 4.18. The van der Waals surface area contributed by atoms with Crippen molar-refractivity contribution < 1.29 is 9.53 Å². The summed E-state index contributed by atoms with van der Waals surface area (Å²) in [5.74, 6) is 0. The van der Waals surface area contributed by atoms with Gasteiger partial charge in [0.1, 0.15) is 6.61 Å². The van der Waals surface area contributed by atoms with E-state index in [0.29, 0.717) is 13.2 Å². The number of ether oxygens (including phenoxy) is 1. The molecule has 0 spiro atoms. The number of cyclic esters (lactones) is 1. The van der Waals surface area contributed by atoms with Crippen molar-refractivity contribution in [2.24, 2.45) is 0 Å². The lowest BCUT2D eigenvalue weighted by molar-refractivity contribution is 0.167. The molecular weight excluding hydrogens is 282 g/mol. The molecule has 17 heavy (non-hydrogen) atoms. The van der Waals surface area contributed by atoms with Crippen LogP contribution in [0, 0.1) is 0 Å². The van der Waals surface area contributed by atoms with E-state index in [1.165, 1.54) is 5.56 Å². The van der Waals surface area contributed by atoms with Crippen molar-refractivity contribution in [3.05, 3.63) is 39.9 Å². The smallest absolute Gasteiger partial charge is 0.414 e. The SMILES string of the molecule is O=C1OCCN1C1=CCCc2cc(Br)ccc21. The molecule has 1 amide bonds. The summed E-state index contributed by atoms with van der Waals surface area (Å²) in [5, 5.41) is 0. The number of benzene rings is 1. The van der Waals surface area contributed by atoms with Gasteiger partial charge >= 0.3 is 6.09 Å². The van der Waals surface area contributed by atoms with E-state index in [4.69, 9.17) is 4.74 Å². The molecule has 3 rings (SSSR count).